The normalized spacial score (nSPS) is 13.2. The van der Waals surface area contributed by atoms with Gasteiger partial charge in [0.25, 0.3) is 6.71 Å². The minimum Gasteiger partial charge on any atom is -0.456 e. The van der Waals surface area contributed by atoms with Gasteiger partial charge in [0.05, 0.1) is 0 Å². The number of fused-ring (bicyclic) bond motifs is 10. The van der Waals surface area contributed by atoms with E-state index in [0.717, 1.165) is 106 Å². The maximum Gasteiger partial charge on any atom is 0.252 e. The largest absolute Gasteiger partial charge is 0.456 e. The molecule has 2 aliphatic rings. The molecule has 0 N–H and O–H groups in total. The first-order valence-corrected chi connectivity index (χ1v) is 25.8. The number of benzene rings is 10. The van der Waals surface area contributed by atoms with Crippen LogP contribution in [0.1, 0.15) is 52.7 Å². The third-order valence-corrected chi connectivity index (χ3v) is 15.5. The van der Waals surface area contributed by atoms with E-state index in [9.17, 15) is 0 Å². The lowest BCUT2D eigenvalue weighted by Gasteiger charge is -2.45. The molecule has 0 unspecified atom stereocenters. The number of furan rings is 2. The first-order chi connectivity index (χ1) is 35.9. The van der Waals surface area contributed by atoms with Gasteiger partial charge >= 0.3 is 0 Å². The Labute approximate surface area is 432 Å². The summed E-state index contributed by atoms with van der Waals surface area (Å²) in [7, 11) is 0. The number of anilines is 9. The van der Waals surface area contributed by atoms with Crippen molar-refractivity contribution in [1.29, 1.82) is 0 Å². The van der Waals surface area contributed by atoms with E-state index in [1.54, 1.807) is 0 Å². The monoisotopic (exact) mass is 955 g/mol. The highest BCUT2D eigenvalue weighted by atomic mass is 16.3. The second-order valence-electron chi connectivity index (χ2n) is 22.2. The number of para-hydroxylation sites is 3. The van der Waals surface area contributed by atoms with Gasteiger partial charge in [0.2, 0.25) is 0 Å². The van der Waals surface area contributed by atoms with E-state index >= 15 is 0 Å². The molecule has 0 radical (unpaired) electrons. The zero-order valence-electron chi connectivity index (χ0n) is 42.5. The highest BCUT2D eigenvalue weighted by Crippen LogP contribution is 2.49. The van der Waals surface area contributed by atoms with Gasteiger partial charge in [-0.25, -0.2) is 0 Å². The molecule has 0 saturated carbocycles. The summed E-state index contributed by atoms with van der Waals surface area (Å²) in [6.07, 6.45) is 0. The molecule has 0 saturated heterocycles. The minimum atomic E-state index is -0.125. The smallest absolute Gasteiger partial charge is 0.252 e. The Balaban J connectivity index is 1.06. The Morgan fingerprint density at radius 2 is 0.838 bits per heavy atom. The van der Waals surface area contributed by atoms with Gasteiger partial charge in [-0.3, -0.25) is 0 Å². The van der Waals surface area contributed by atoms with Crippen molar-refractivity contribution >= 4 is 118 Å². The molecule has 14 rings (SSSR count). The fraction of sp³-hybridized carbons (Fsp3) is 0.118. The van der Waals surface area contributed by atoms with Crippen molar-refractivity contribution in [3.05, 3.63) is 230 Å². The third-order valence-electron chi connectivity index (χ3n) is 15.5. The molecule has 356 valence electrons. The molecule has 0 bridgehead atoms. The second kappa shape index (κ2) is 16.4. The quantitative estimate of drug-likeness (QED) is 0.155. The van der Waals surface area contributed by atoms with Crippen LogP contribution >= 0.6 is 0 Å². The van der Waals surface area contributed by atoms with E-state index in [0.29, 0.717) is 0 Å². The minimum absolute atomic E-state index is 0.000840. The van der Waals surface area contributed by atoms with Crippen LogP contribution in [0, 0.1) is 0 Å². The lowest BCUT2D eigenvalue weighted by Crippen LogP contribution is -2.61. The van der Waals surface area contributed by atoms with Gasteiger partial charge in [0.15, 0.2) is 0 Å². The van der Waals surface area contributed by atoms with E-state index in [1.165, 1.54) is 27.5 Å². The van der Waals surface area contributed by atoms with Crippen molar-refractivity contribution < 1.29 is 8.83 Å². The van der Waals surface area contributed by atoms with E-state index in [4.69, 9.17) is 8.83 Å². The van der Waals surface area contributed by atoms with Gasteiger partial charge in [-0.15, -0.1) is 0 Å². The van der Waals surface area contributed by atoms with E-state index in [-0.39, 0.29) is 17.5 Å². The summed E-state index contributed by atoms with van der Waals surface area (Å²) < 4.78 is 13.1. The molecule has 0 amide bonds. The van der Waals surface area contributed by atoms with Crippen LogP contribution in [0.25, 0.3) is 55.0 Å². The van der Waals surface area contributed by atoms with Crippen molar-refractivity contribution in [2.45, 2.75) is 52.4 Å². The number of rotatable bonds is 6. The van der Waals surface area contributed by atoms with Crippen molar-refractivity contribution in [2.24, 2.45) is 0 Å². The van der Waals surface area contributed by atoms with Crippen LogP contribution in [0.4, 0.5) is 51.2 Å². The highest BCUT2D eigenvalue weighted by Gasteiger charge is 2.44. The van der Waals surface area contributed by atoms with Crippen LogP contribution in [0.5, 0.6) is 0 Å². The van der Waals surface area contributed by atoms with E-state index in [1.807, 2.05) is 6.07 Å². The van der Waals surface area contributed by atoms with Crippen molar-refractivity contribution in [3.8, 4) is 11.1 Å². The summed E-state index contributed by atoms with van der Waals surface area (Å²) in [5, 5.41) is 4.42. The Hall–Kier alpha value is -8.74. The summed E-state index contributed by atoms with van der Waals surface area (Å²) in [6.45, 7) is 13.5. The molecular weight excluding hydrogens is 902 g/mol. The van der Waals surface area contributed by atoms with Gasteiger partial charge in [0.1, 0.15) is 22.3 Å². The fourth-order valence-electron chi connectivity index (χ4n) is 11.8. The van der Waals surface area contributed by atoms with Crippen LogP contribution in [-0.2, 0) is 10.8 Å². The average Bonchev–Trinajstić information content (AvgIpc) is 3.98. The Morgan fingerprint density at radius 3 is 1.47 bits per heavy atom. The summed E-state index contributed by atoms with van der Waals surface area (Å²) in [5.74, 6) is 0. The maximum absolute atomic E-state index is 6.75. The maximum atomic E-state index is 6.75. The molecule has 74 heavy (non-hydrogen) atoms. The summed E-state index contributed by atoms with van der Waals surface area (Å²) in [4.78, 5) is 7.43. The number of nitrogens with zero attached hydrogens (tertiary/aromatic N) is 3. The first kappa shape index (κ1) is 44.0. The Kier molecular flexibility index (Phi) is 9.75. The SMILES string of the molecule is CC(C)(C)c1ccc(N(c2ccc3c(c2)N(c2ccccc2)c2cc(-c4ccccc4)cc4c2B3c2cc3c(cc2N4c2ccc(C(C)(C)C)cc2)oc2ccccc23)c2ccc3oc4ccccc4c3c2)cc1. The lowest BCUT2D eigenvalue weighted by atomic mass is 9.33. The molecule has 10 aromatic carbocycles. The molecule has 2 aromatic heterocycles. The highest BCUT2D eigenvalue weighted by molar-refractivity contribution is 7.00. The van der Waals surface area contributed by atoms with Gasteiger partial charge < -0.3 is 23.5 Å². The van der Waals surface area contributed by atoms with Gasteiger partial charge in [-0.1, -0.05) is 163 Å². The predicted octanol–water partition coefficient (Wildman–Crippen LogP) is 17.3. The van der Waals surface area contributed by atoms with Crippen molar-refractivity contribution in [1.82, 2.24) is 0 Å². The third kappa shape index (κ3) is 6.99. The number of hydrogen-bond acceptors (Lipinski definition) is 5. The van der Waals surface area contributed by atoms with E-state index < -0.39 is 0 Å². The molecule has 2 aliphatic heterocycles. The fourth-order valence-corrected chi connectivity index (χ4v) is 11.8. The molecular formula is C68H54BN3O2. The topological polar surface area (TPSA) is 36.0 Å². The molecule has 0 spiro atoms. The molecule has 0 atom stereocenters. The molecule has 6 heteroatoms. The second-order valence-corrected chi connectivity index (χ2v) is 22.2. The van der Waals surface area contributed by atoms with E-state index in [2.05, 4.69) is 269 Å². The molecule has 4 heterocycles. The standard InChI is InChI=1S/C68H54BN3O2/c1-67(2,3)45-25-29-48(30-26-45)70(50-34-36-64-54(39-50)52-21-13-15-23-62(52)73-64)51-33-35-56-58(40-51)71(47-19-11-8-12-20-47)60-37-44(43-17-9-7-10-18-43)38-61-66(60)69(56)57-41-55-53-22-14-16-24-63(53)74-65(55)42-59(57)72(61)49-31-27-46(28-32-49)68(4,5)6/h7-42H,1-6H3. The number of hydrogen-bond donors (Lipinski definition) is 0. The van der Waals surface area contributed by atoms with Crippen molar-refractivity contribution in [3.63, 3.8) is 0 Å². The zero-order valence-corrected chi connectivity index (χ0v) is 42.5. The molecule has 5 nitrogen and oxygen atoms in total. The average molecular weight is 956 g/mol. The molecule has 0 fully saturated rings. The summed E-state index contributed by atoms with van der Waals surface area (Å²) in [6, 6.07) is 80.3. The van der Waals surface area contributed by atoms with Crippen LogP contribution in [0.3, 0.4) is 0 Å². The first-order valence-electron chi connectivity index (χ1n) is 25.8. The van der Waals surface area contributed by atoms with Crippen LogP contribution in [0.2, 0.25) is 0 Å². The van der Waals surface area contributed by atoms with Gasteiger partial charge in [-0.2, -0.15) is 0 Å². The Morgan fingerprint density at radius 1 is 0.351 bits per heavy atom. The predicted molar refractivity (Wildman–Crippen MR) is 313 cm³/mol. The lowest BCUT2D eigenvalue weighted by molar-refractivity contribution is 0.590. The molecule has 0 aliphatic carbocycles. The Bertz CT molecular complexity index is 4160. The molecule has 12 aromatic rings. The van der Waals surface area contributed by atoms with Crippen LogP contribution < -0.4 is 31.1 Å². The summed E-state index contributed by atoms with van der Waals surface area (Å²) in [5.41, 5.74) is 22.0. The van der Waals surface area contributed by atoms with Crippen LogP contribution in [0.15, 0.2) is 227 Å². The van der Waals surface area contributed by atoms with Crippen molar-refractivity contribution in [2.75, 3.05) is 14.7 Å². The van der Waals surface area contributed by atoms with Gasteiger partial charge in [-0.05, 0) is 140 Å². The van der Waals surface area contributed by atoms with Crippen LogP contribution in [-0.4, -0.2) is 6.71 Å². The zero-order chi connectivity index (χ0) is 50.0. The summed E-state index contributed by atoms with van der Waals surface area (Å²) >= 11 is 0. The van der Waals surface area contributed by atoms with Gasteiger partial charge in [0, 0.05) is 78.8 Å².